The number of carbonyl (C=O) groups excluding carboxylic acids is 1. The standard InChI is InChI=1S/C11H21NO4S/c1-8(11(13)16-4)9(2)12(3)10-5-6-17(14,15)7-10/h8-10H,5-7H2,1-4H3. The Balaban J connectivity index is 2.64. The molecule has 1 saturated heterocycles. The molecule has 0 aromatic rings. The van der Waals surface area contributed by atoms with Crippen LogP contribution < -0.4 is 0 Å². The lowest BCUT2D eigenvalue weighted by Crippen LogP contribution is -2.44. The van der Waals surface area contributed by atoms with E-state index in [4.69, 9.17) is 4.74 Å². The third-order valence-corrected chi connectivity index (χ3v) is 5.47. The summed E-state index contributed by atoms with van der Waals surface area (Å²) in [7, 11) is 0.354. The lowest BCUT2D eigenvalue weighted by Gasteiger charge is -2.32. The molecule has 1 heterocycles. The van der Waals surface area contributed by atoms with Crippen LogP contribution in [0.1, 0.15) is 20.3 Å². The first-order valence-corrected chi connectivity index (χ1v) is 7.61. The van der Waals surface area contributed by atoms with Gasteiger partial charge in [0.05, 0.1) is 24.5 Å². The van der Waals surface area contributed by atoms with Gasteiger partial charge in [0.25, 0.3) is 0 Å². The fourth-order valence-corrected chi connectivity index (χ4v) is 3.95. The Morgan fingerprint density at radius 3 is 2.41 bits per heavy atom. The summed E-state index contributed by atoms with van der Waals surface area (Å²) < 4.78 is 27.5. The first-order chi connectivity index (χ1) is 7.78. The van der Waals surface area contributed by atoms with Crippen molar-refractivity contribution in [1.29, 1.82) is 0 Å². The van der Waals surface area contributed by atoms with Crippen molar-refractivity contribution in [2.75, 3.05) is 25.7 Å². The molecule has 6 heteroatoms. The van der Waals surface area contributed by atoms with Crippen LogP contribution >= 0.6 is 0 Å². The molecule has 17 heavy (non-hydrogen) atoms. The molecule has 0 aromatic carbocycles. The number of nitrogens with zero attached hydrogens (tertiary/aromatic N) is 1. The number of hydrogen-bond acceptors (Lipinski definition) is 5. The van der Waals surface area contributed by atoms with Gasteiger partial charge in [-0.3, -0.25) is 9.69 Å². The minimum absolute atomic E-state index is 0.0158. The molecular weight excluding hydrogens is 242 g/mol. The molecule has 0 aromatic heterocycles. The van der Waals surface area contributed by atoms with Gasteiger partial charge in [-0.1, -0.05) is 6.92 Å². The lowest BCUT2D eigenvalue weighted by molar-refractivity contribution is -0.147. The number of esters is 1. The van der Waals surface area contributed by atoms with E-state index >= 15 is 0 Å². The maximum atomic E-state index is 11.4. The van der Waals surface area contributed by atoms with Gasteiger partial charge >= 0.3 is 5.97 Å². The van der Waals surface area contributed by atoms with Crippen molar-refractivity contribution in [3.63, 3.8) is 0 Å². The smallest absolute Gasteiger partial charge is 0.309 e. The summed E-state index contributed by atoms with van der Waals surface area (Å²) in [6.45, 7) is 3.73. The topological polar surface area (TPSA) is 63.7 Å². The summed E-state index contributed by atoms with van der Waals surface area (Å²) in [5, 5.41) is 0. The Morgan fingerprint density at radius 2 is 2.00 bits per heavy atom. The number of sulfone groups is 1. The number of carbonyl (C=O) groups is 1. The highest BCUT2D eigenvalue weighted by Crippen LogP contribution is 2.21. The second kappa shape index (κ2) is 5.35. The van der Waals surface area contributed by atoms with Crippen molar-refractivity contribution >= 4 is 15.8 Å². The number of rotatable bonds is 4. The van der Waals surface area contributed by atoms with Crippen molar-refractivity contribution in [2.24, 2.45) is 5.92 Å². The SMILES string of the molecule is COC(=O)C(C)C(C)N(C)C1CCS(=O)(=O)C1. The molecule has 3 unspecified atom stereocenters. The van der Waals surface area contributed by atoms with Gasteiger partial charge in [-0.15, -0.1) is 0 Å². The van der Waals surface area contributed by atoms with E-state index in [1.807, 2.05) is 18.9 Å². The summed E-state index contributed by atoms with van der Waals surface area (Å²) in [5.41, 5.74) is 0. The summed E-state index contributed by atoms with van der Waals surface area (Å²) in [4.78, 5) is 13.4. The quantitative estimate of drug-likeness (QED) is 0.683. The van der Waals surface area contributed by atoms with Crippen LogP contribution in [0.2, 0.25) is 0 Å². The van der Waals surface area contributed by atoms with E-state index in [1.165, 1.54) is 7.11 Å². The largest absolute Gasteiger partial charge is 0.469 e. The van der Waals surface area contributed by atoms with Crippen molar-refractivity contribution in [3.8, 4) is 0 Å². The van der Waals surface area contributed by atoms with Crippen LogP contribution in [0.5, 0.6) is 0 Å². The number of ether oxygens (including phenoxy) is 1. The minimum Gasteiger partial charge on any atom is -0.469 e. The Kier molecular flexibility index (Phi) is 4.55. The zero-order valence-electron chi connectivity index (χ0n) is 10.8. The highest BCUT2D eigenvalue weighted by molar-refractivity contribution is 7.91. The first kappa shape index (κ1) is 14.4. The summed E-state index contributed by atoms with van der Waals surface area (Å²) in [6, 6.07) is -0.0112. The van der Waals surface area contributed by atoms with Crippen LogP contribution in [-0.2, 0) is 19.4 Å². The van der Waals surface area contributed by atoms with Crippen molar-refractivity contribution in [2.45, 2.75) is 32.4 Å². The minimum atomic E-state index is -2.88. The van der Waals surface area contributed by atoms with E-state index in [9.17, 15) is 13.2 Å². The van der Waals surface area contributed by atoms with Gasteiger partial charge in [0.2, 0.25) is 0 Å². The molecule has 0 bridgehead atoms. The van der Waals surface area contributed by atoms with E-state index in [1.54, 1.807) is 6.92 Å². The molecule has 0 radical (unpaired) electrons. The first-order valence-electron chi connectivity index (χ1n) is 5.78. The molecule has 1 aliphatic rings. The molecule has 0 saturated carbocycles. The maximum Gasteiger partial charge on any atom is 0.309 e. The normalized spacial score (nSPS) is 26.8. The Labute approximate surface area is 103 Å². The van der Waals surface area contributed by atoms with Crippen molar-refractivity contribution < 1.29 is 17.9 Å². The molecular formula is C11H21NO4S. The van der Waals surface area contributed by atoms with Gasteiger partial charge in [0.15, 0.2) is 9.84 Å². The third-order valence-electron chi connectivity index (χ3n) is 3.72. The Morgan fingerprint density at radius 1 is 1.41 bits per heavy atom. The molecule has 1 aliphatic heterocycles. The van der Waals surface area contributed by atoms with E-state index in [-0.39, 0.29) is 35.5 Å². The molecule has 3 atom stereocenters. The zero-order valence-corrected chi connectivity index (χ0v) is 11.7. The van der Waals surface area contributed by atoms with Crippen LogP contribution in [-0.4, -0.2) is 57.0 Å². The molecule has 100 valence electrons. The van der Waals surface area contributed by atoms with Crippen LogP contribution in [0.4, 0.5) is 0 Å². The summed E-state index contributed by atoms with van der Waals surface area (Å²) in [5.74, 6) is -0.0678. The van der Waals surface area contributed by atoms with Crippen LogP contribution in [0.15, 0.2) is 0 Å². The molecule has 0 amide bonds. The molecule has 0 spiro atoms. The average molecular weight is 263 g/mol. The molecule has 1 rings (SSSR count). The van der Waals surface area contributed by atoms with Gasteiger partial charge in [-0.2, -0.15) is 0 Å². The summed E-state index contributed by atoms with van der Waals surface area (Å²) >= 11 is 0. The third kappa shape index (κ3) is 3.42. The Bertz CT molecular complexity index is 379. The van der Waals surface area contributed by atoms with Gasteiger partial charge in [-0.25, -0.2) is 8.42 Å². The monoisotopic (exact) mass is 263 g/mol. The fraction of sp³-hybridized carbons (Fsp3) is 0.909. The van der Waals surface area contributed by atoms with Crippen LogP contribution in [0.3, 0.4) is 0 Å². The van der Waals surface area contributed by atoms with Crippen molar-refractivity contribution in [3.05, 3.63) is 0 Å². The average Bonchev–Trinajstić information content (AvgIpc) is 2.65. The maximum absolute atomic E-state index is 11.4. The Hall–Kier alpha value is -0.620. The predicted octanol–water partition coefficient (Wildman–Crippen LogP) is 0.303. The lowest BCUT2D eigenvalue weighted by atomic mass is 10.0. The van der Waals surface area contributed by atoms with E-state index < -0.39 is 9.84 Å². The second-order valence-electron chi connectivity index (χ2n) is 4.77. The second-order valence-corrected chi connectivity index (χ2v) is 7.00. The van der Waals surface area contributed by atoms with E-state index in [2.05, 4.69) is 0 Å². The zero-order chi connectivity index (χ0) is 13.2. The van der Waals surface area contributed by atoms with Gasteiger partial charge in [0.1, 0.15) is 0 Å². The fourth-order valence-electron chi connectivity index (χ4n) is 2.16. The van der Waals surface area contributed by atoms with Crippen molar-refractivity contribution in [1.82, 2.24) is 4.90 Å². The van der Waals surface area contributed by atoms with Gasteiger partial charge in [0, 0.05) is 12.1 Å². The van der Waals surface area contributed by atoms with Crippen LogP contribution in [0.25, 0.3) is 0 Å². The van der Waals surface area contributed by atoms with E-state index in [0.29, 0.717) is 6.42 Å². The highest BCUT2D eigenvalue weighted by atomic mass is 32.2. The van der Waals surface area contributed by atoms with Gasteiger partial charge in [-0.05, 0) is 20.4 Å². The highest BCUT2D eigenvalue weighted by Gasteiger charge is 2.35. The molecule has 0 N–H and O–H groups in total. The van der Waals surface area contributed by atoms with Gasteiger partial charge < -0.3 is 4.74 Å². The number of hydrogen-bond donors (Lipinski definition) is 0. The number of methoxy groups -OCH3 is 1. The van der Waals surface area contributed by atoms with E-state index in [0.717, 1.165) is 0 Å². The molecule has 1 fully saturated rings. The van der Waals surface area contributed by atoms with Crippen LogP contribution in [0, 0.1) is 5.92 Å². The molecule has 0 aliphatic carbocycles. The summed E-state index contributed by atoms with van der Waals surface area (Å²) in [6.07, 6.45) is 0.650. The predicted molar refractivity (Wildman–Crippen MR) is 65.5 cm³/mol. The molecule has 5 nitrogen and oxygen atoms in total.